The molecule has 0 saturated heterocycles. The molecule has 82 valence electrons. The highest BCUT2D eigenvalue weighted by molar-refractivity contribution is 9.10. The van der Waals surface area contributed by atoms with Crippen LogP contribution in [-0.4, -0.2) is 23.1 Å². The molecule has 0 amide bonds. The van der Waals surface area contributed by atoms with Crippen molar-refractivity contribution in [3.05, 3.63) is 10.8 Å². The Morgan fingerprint density at radius 1 is 1.40 bits per heavy atom. The Morgan fingerprint density at radius 3 is 2.73 bits per heavy atom. The van der Waals surface area contributed by atoms with E-state index in [-0.39, 0.29) is 0 Å². The summed E-state index contributed by atoms with van der Waals surface area (Å²) in [4.78, 5) is 10.4. The second kappa shape index (κ2) is 4.35. The molecule has 1 saturated carbocycles. The molecule has 1 aliphatic rings. The second-order valence-corrected chi connectivity index (χ2v) is 4.74. The van der Waals surface area contributed by atoms with Crippen LogP contribution in [-0.2, 0) is 0 Å². The van der Waals surface area contributed by atoms with Gasteiger partial charge in [0.1, 0.15) is 22.4 Å². The standard InChI is InChI=1S/C10H15BrN4/c1-15(7-4-2-3-5-7)10-8(11)9(12)13-6-14-10/h6-7H,2-5H2,1H3,(H2,12,13,14). The Hall–Kier alpha value is -0.840. The topological polar surface area (TPSA) is 55.0 Å². The van der Waals surface area contributed by atoms with Gasteiger partial charge in [0.05, 0.1) is 0 Å². The van der Waals surface area contributed by atoms with Crippen molar-refractivity contribution in [3.63, 3.8) is 0 Å². The van der Waals surface area contributed by atoms with Crippen molar-refractivity contribution in [2.24, 2.45) is 0 Å². The molecule has 1 aliphatic carbocycles. The largest absolute Gasteiger partial charge is 0.383 e. The van der Waals surface area contributed by atoms with Crippen LogP contribution in [0, 0.1) is 0 Å². The lowest BCUT2D eigenvalue weighted by atomic mass is 10.2. The highest BCUT2D eigenvalue weighted by atomic mass is 79.9. The van der Waals surface area contributed by atoms with Gasteiger partial charge in [-0.15, -0.1) is 0 Å². The fourth-order valence-electron chi connectivity index (χ4n) is 2.08. The maximum Gasteiger partial charge on any atom is 0.148 e. The molecule has 0 aliphatic heterocycles. The number of hydrogen-bond acceptors (Lipinski definition) is 4. The highest BCUT2D eigenvalue weighted by Crippen LogP contribution is 2.32. The molecule has 4 nitrogen and oxygen atoms in total. The molecule has 5 heteroatoms. The van der Waals surface area contributed by atoms with Crippen molar-refractivity contribution in [3.8, 4) is 0 Å². The molecule has 2 N–H and O–H groups in total. The first kappa shape index (κ1) is 10.7. The Bertz CT molecular complexity index is 349. The lowest BCUT2D eigenvalue weighted by molar-refractivity contribution is 0.644. The summed E-state index contributed by atoms with van der Waals surface area (Å²) in [5.74, 6) is 1.40. The molecule has 0 bridgehead atoms. The number of nitrogen functional groups attached to an aromatic ring is 1. The van der Waals surface area contributed by atoms with Crippen molar-refractivity contribution in [1.29, 1.82) is 0 Å². The Kier molecular flexibility index (Phi) is 3.09. The minimum absolute atomic E-state index is 0.504. The van der Waals surface area contributed by atoms with E-state index in [1.165, 1.54) is 32.0 Å². The van der Waals surface area contributed by atoms with Gasteiger partial charge in [-0.25, -0.2) is 9.97 Å². The molecule has 0 spiro atoms. The van der Waals surface area contributed by atoms with Gasteiger partial charge in [-0.05, 0) is 28.8 Å². The van der Waals surface area contributed by atoms with Crippen LogP contribution in [0.2, 0.25) is 0 Å². The molecular formula is C10H15BrN4. The molecule has 2 rings (SSSR count). The number of anilines is 2. The number of halogens is 1. The summed E-state index contributed by atoms with van der Waals surface area (Å²) >= 11 is 3.44. The fourth-order valence-corrected chi connectivity index (χ4v) is 2.57. The molecule has 1 fully saturated rings. The number of nitrogens with two attached hydrogens (primary N) is 1. The third-order valence-corrected chi connectivity index (χ3v) is 3.77. The van der Waals surface area contributed by atoms with Gasteiger partial charge in [0.2, 0.25) is 0 Å². The van der Waals surface area contributed by atoms with E-state index < -0.39 is 0 Å². The number of nitrogens with zero attached hydrogens (tertiary/aromatic N) is 3. The summed E-state index contributed by atoms with van der Waals surface area (Å²) in [7, 11) is 2.07. The summed E-state index contributed by atoms with van der Waals surface area (Å²) in [6.07, 6.45) is 6.63. The van der Waals surface area contributed by atoms with Gasteiger partial charge in [0.25, 0.3) is 0 Å². The highest BCUT2D eigenvalue weighted by Gasteiger charge is 2.22. The monoisotopic (exact) mass is 270 g/mol. The Balaban J connectivity index is 2.24. The zero-order valence-corrected chi connectivity index (χ0v) is 10.4. The number of rotatable bonds is 2. The van der Waals surface area contributed by atoms with E-state index >= 15 is 0 Å². The molecule has 0 unspecified atom stereocenters. The van der Waals surface area contributed by atoms with Crippen LogP contribution >= 0.6 is 15.9 Å². The zero-order chi connectivity index (χ0) is 10.8. The van der Waals surface area contributed by atoms with Crippen molar-refractivity contribution in [2.45, 2.75) is 31.7 Å². The average molecular weight is 271 g/mol. The maximum absolute atomic E-state index is 5.73. The molecule has 0 radical (unpaired) electrons. The summed E-state index contributed by atoms with van der Waals surface area (Å²) in [6.45, 7) is 0. The van der Waals surface area contributed by atoms with Gasteiger partial charge in [-0.1, -0.05) is 12.8 Å². The SMILES string of the molecule is CN(c1ncnc(N)c1Br)C1CCCC1. The van der Waals surface area contributed by atoms with Gasteiger partial charge in [-0.3, -0.25) is 0 Å². The van der Waals surface area contributed by atoms with E-state index in [1.54, 1.807) is 0 Å². The maximum atomic E-state index is 5.73. The van der Waals surface area contributed by atoms with Gasteiger partial charge >= 0.3 is 0 Å². The predicted octanol–water partition coefficient (Wildman–Crippen LogP) is 2.20. The van der Waals surface area contributed by atoms with Crippen molar-refractivity contribution in [1.82, 2.24) is 9.97 Å². The summed E-state index contributed by atoms with van der Waals surface area (Å²) < 4.78 is 0.805. The zero-order valence-electron chi connectivity index (χ0n) is 8.78. The third kappa shape index (κ3) is 2.07. The first-order valence-electron chi connectivity index (χ1n) is 5.19. The minimum Gasteiger partial charge on any atom is -0.383 e. The molecule has 0 aromatic carbocycles. The normalized spacial score (nSPS) is 16.9. The lowest BCUT2D eigenvalue weighted by Crippen LogP contribution is -2.30. The summed E-state index contributed by atoms with van der Waals surface area (Å²) in [6, 6.07) is 0.593. The number of aromatic nitrogens is 2. The van der Waals surface area contributed by atoms with Gasteiger partial charge in [0.15, 0.2) is 0 Å². The molecular weight excluding hydrogens is 256 g/mol. The first-order chi connectivity index (χ1) is 7.20. The van der Waals surface area contributed by atoms with E-state index in [2.05, 4.69) is 37.8 Å². The smallest absolute Gasteiger partial charge is 0.148 e. The van der Waals surface area contributed by atoms with E-state index in [9.17, 15) is 0 Å². The van der Waals surface area contributed by atoms with E-state index in [4.69, 9.17) is 5.73 Å². The van der Waals surface area contributed by atoms with Gasteiger partial charge in [0, 0.05) is 13.1 Å². The van der Waals surface area contributed by atoms with Crippen molar-refractivity contribution in [2.75, 3.05) is 17.7 Å². The van der Waals surface area contributed by atoms with Crippen LogP contribution in [0.1, 0.15) is 25.7 Å². The van der Waals surface area contributed by atoms with Crippen LogP contribution in [0.4, 0.5) is 11.6 Å². The molecule has 1 heterocycles. The van der Waals surface area contributed by atoms with Crippen LogP contribution < -0.4 is 10.6 Å². The van der Waals surface area contributed by atoms with Crippen molar-refractivity contribution >= 4 is 27.6 Å². The second-order valence-electron chi connectivity index (χ2n) is 3.95. The predicted molar refractivity (Wildman–Crippen MR) is 64.8 cm³/mol. The third-order valence-electron chi connectivity index (χ3n) is 3.00. The molecule has 15 heavy (non-hydrogen) atoms. The molecule has 1 aromatic rings. The van der Waals surface area contributed by atoms with Crippen molar-refractivity contribution < 1.29 is 0 Å². The number of hydrogen-bond donors (Lipinski definition) is 1. The summed E-state index contributed by atoms with van der Waals surface area (Å²) in [5.41, 5.74) is 5.73. The summed E-state index contributed by atoms with van der Waals surface area (Å²) in [5, 5.41) is 0. The Morgan fingerprint density at radius 2 is 2.07 bits per heavy atom. The van der Waals surface area contributed by atoms with E-state index in [1.807, 2.05) is 0 Å². The quantitative estimate of drug-likeness (QED) is 0.895. The molecule has 0 atom stereocenters. The van der Waals surface area contributed by atoms with Crippen LogP contribution in [0.5, 0.6) is 0 Å². The Labute approximate surface area is 98.0 Å². The van der Waals surface area contributed by atoms with E-state index in [0.29, 0.717) is 11.9 Å². The van der Waals surface area contributed by atoms with Gasteiger partial charge in [-0.2, -0.15) is 0 Å². The van der Waals surface area contributed by atoms with Crippen LogP contribution in [0.15, 0.2) is 10.8 Å². The lowest BCUT2D eigenvalue weighted by Gasteiger charge is -2.26. The first-order valence-corrected chi connectivity index (χ1v) is 5.98. The van der Waals surface area contributed by atoms with Gasteiger partial charge < -0.3 is 10.6 Å². The fraction of sp³-hybridized carbons (Fsp3) is 0.600. The van der Waals surface area contributed by atoms with Crippen LogP contribution in [0.3, 0.4) is 0 Å². The molecule has 1 aromatic heterocycles. The van der Waals surface area contributed by atoms with E-state index in [0.717, 1.165) is 10.3 Å². The van der Waals surface area contributed by atoms with Crippen LogP contribution in [0.25, 0.3) is 0 Å². The average Bonchev–Trinajstić information content (AvgIpc) is 2.74. The minimum atomic E-state index is 0.504.